The Hall–Kier alpha value is -0.830. The van der Waals surface area contributed by atoms with Crippen LogP contribution < -0.4 is 4.74 Å². The van der Waals surface area contributed by atoms with E-state index in [4.69, 9.17) is 16.3 Å². The van der Waals surface area contributed by atoms with Crippen LogP contribution in [-0.4, -0.2) is 23.0 Å². The Morgan fingerprint density at radius 3 is 2.83 bits per heavy atom. The summed E-state index contributed by atoms with van der Waals surface area (Å²) in [5, 5.41) is 0. The number of hydrogen-bond donors (Lipinski definition) is 0. The Labute approximate surface area is 76.7 Å². The maximum Gasteiger partial charge on any atom is 0.235 e. The Morgan fingerprint density at radius 1 is 1.42 bits per heavy atom. The molecule has 0 aromatic carbocycles. The molecule has 0 saturated heterocycles. The van der Waals surface area contributed by atoms with Gasteiger partial charge < -0.3 is 4.74 Å². The number of methoxy groups -OCH3 is 1. The van der Waals surface area contributed by atoms with Crippen LogP contribution >= 0.6 is 11.6 Å². The van der Waals surface area contributed by atoms with Gasteiger partial charge in [-0.05, 0) is 12.8 Å². The average molecular weight is 187 g/mol. The minimum Gasteiger partial charge on any atom is -0.480 e. The fraction of sp³-hybridized carbons (Fsp3) is 0.500. The highest BCUT2D eigenvalue weighted by Crippen LogP contribution is 2.12. The number of halogens is 1. The van der Waals surface area contributed by atoms with Gasteiger partial charge in [0.05, 0.1) is 7.11 Å². The number of hydrogen-bond acceptors (Lipinski definition) is 3. The first kappa shape index (κ1) is 9.26. The second-order valence-electron chi connectivity index (χ2n) is 2.30. The summed E-state index contributed by atoms with van der Waals surface area (Å²) in [4.78, 5) is 8.16. The van der Waals surface area contributed by atoms with Crippen LogP contribution in [0.25, 0.3) is 0 Å². The van der Waals surface area contributed by atoms with E-state index in [0.717, 1.165) is 18.5 Å². The minimum absolute atomic E-state index is 0.600. The predicted molar refractivity (Wildman–Crippen MR) is 47.6 cm³/mol. The molecule has 4 heteroatoms. The molecular formula is C8H11ClN2O. The summed E-state index contributed by atoms with van der Waals surface area (Å²) in [5.41, 5.74) is 0.876. The summed E-state index contributed by atoms with van der Waals surface area (Å²) in [7, 11) is 1.59. The van der Waals surface area contributed by atoms with Crippen LogP contribution in [0.15, 0.2) is 12.4 Å². The maximum atomic E-state index is 5.56. The van der Waals surface area contributed by atoms with E-state index in [1.165, 1.54) is 0 Å². The molecule has 0 aliphatic heterocycles. The van der Waals surface area contributed by atoms with Crippen LogP contribution in [0.2, 0.25) is 0 Å². The third-order valence-electron chi connectivity index (χ3n) is 1.48. The summed E-state index contributed by atoms with van der Waals surface area (Å²) in [5.74, 6) is 1.24. The normalized spacial score (nSPS) is 9.83. The summed E-state index contributed by atoms with van der Waals surface area (Å²) in [6.45, 7) is 0. The lowest BCUT2D eigenvalue weighted by Gasteiger charge is -2.03. The van der Waals surface area contributed by atoms with Gasteiger partial charge in [0.2, 0.25) is 5.88 Å². The van der Waals surface area contributed by atoms with Crippen molar-refractivity contribution in [3.8, 4) is 5.88 Å². The molecule has 0 saturated carbocycles. The smallest absolute Gasteiger partial charge is 0.235 e. The van der Waals surface area contributed by atoms with Crippen molar-refractivity contribution in [2.45, 2.75) is 12.8 Å². The molecule has 0 N–H and O–H groups in total. The summed E-state index contributed by atoms with van der Waals surface area (Å²) in [6, 6.07) is 0. The lowest BCUT2D eigenvalue weighted by molar-refractivity contribution is 0.389. The summed E-state index contributed by atoms with van der Waals surface area (Å²) in [6.07, 6.45) is 4.99. The molecule has 0 unspecified atom stereocenters. The molecule has 1 heterocycles. The van der Waals surface area contributed by atoms with Gasteiger partial charge >= 0.3 is 0 Å². The molecule has 0 amide bonds. The van der Waals surface area contributed by atoms with Gasteiger partial charge in [-0.15, -0.1) is 11.6 Å². The van der Waals surface area contributed by atoms with Gasteiger partial charge in [0.15, 0.2) is 0 Å². The van der Waals surface area contributed by atoms with E-state index >= 15 is 0 Å². The SMILES string of the molecule is COc1nccnc1CCCCl. The van der Waals surface area contributed by atoms with Gasteiger partial charge in [0.1, 0.15) is 5.69 Å². The number of rotatable bonds is 4. The molecule has 1 rings (SSSR count). The van der Waals surface area contributed by atoms with Gasteiger partial charge in [-0.3, -0.25) is 4.98 Å². The van der Waals surface area contributed by atoms with Crippen molar-refractivity contribution in [2.24, 2.45) is 0 Å². The molecule has 1 aromatic heterocycles. The maximum absolute atomic E-state index is 5.56. The van der Waals surface area contributed by atoms with Crippen molar-refractivity contribution in [1.82, 2.24) is 9.97 Å². The fourth-order valence-corrected chi connectivity index (χ4v) is 1.06. The molecule has 0 radical (unpaired) electrons. The quantitative estimate of drug-likeness (QED) is 0.671. The Balaban J connectivity index is 2.68. The van der Waals surface area contributed by atoms with Crippen molar-refractivity contribution in [2.75, 3.05) is 13.0 Å². The zero-order chi connectivity index (χ0) is 8.81. The molecule has 0 atom stereocenters. The second kappa shape index (κ2) is 4.93. The van der Waals surface area contributed by atoms with E-state index < -0.39 is 0 Å². The van der Waals surface area contributed by atoms with Crippen LogP contribution in [-0.2, 0) is 6.42 Å². The Kier molecular flexibility index (Phi) is 3.80. The fourth-order valence-electron chi connectivity index (χ4n) is 0.930. The zero-order valence-corrected chi connectivity index (χ0v) is 7.71. The van der Waals surface area contributed by atoms with Gasteiger partial charge in [0, 0.05) is 18.3 Å². The standard InChI is InChI=1S/C8H11ClN2O/c1-12-8-7(3-2-4-9)10-5-6-11-8/h5-6H,2-4H2,1H3. The van der Waals surface area contributed by atoms with Crippen molar-refractivity contribution in [1.29, 1.82) is 0 Å². The van der Waals surface area contributed by atoms with Crippen LogP contribution in [0.3, 0.4) is 0 Å². The number of aromatic nitrogens is 2. The minimum atomic E-state index is 0.600. The molecule has 0 bridgehead atoms. The summed E-state index contributed by atoms with van der Waals surface area (Å²) >= 11 is 5.56. The molecule has 3 nitrogen and oxygen atoms in total. The number of aryl methyl sites for hydroxylation is 1. The molecule has 0 aliphatic rings. The number of ether oxygens (including phenoxy) is 1. The van der Waals surface area contributed by atoms with E-state index in [0.29, 0.717) is 11.8 Å². The van der Waals surface area contributed by atoms with Crippen LogP contribution in [0.4, 0.5) is 0 Å². The van der Waals surface area contributed by atoms with E-state index in [9.17, 15) is 0 Å². The van der Waals surface area contributed by atoms with Gasteiger partial charge in [-0.1, -0.05) is 0 Å². The highest BCUT2D eigenvalue weighted by atomic mass is 35.5. The first-order chi connectivity index (χ1) is 5.88. The highest BCUT2D eigenvalue weighted by molar-refractivity contribution is 6.17. The molecular weight excluding hydrogens is 176 g/mol. The number of nitrogens with zero attached hydrogens (tertiary/aromatic N) is 2. The monoisotopic (exact) mass is 186 g/mol. The largest absolute Gasteiger partial charge is 0.480 e. The Morgan fingerprint density at radius 2 is 2.17 bits per heavy atom. The van der Waals surface area contributed by atoms with Crippen molar-refractivity contribution < 1.29 is 4.74 Å². The molecule has 1 aromatic rings. The molecule has 12 heavy (non-hydrogen) atoms. The molecule has 0 aliphatic carbocycles. The van der Waals surface area contributed by atoms with Crippen molar-refractivity contribution in [3.05, 3.63) is 18.1 Å². The average Bonchev–Trinajstić information content (AvgIpc) is 2.15. The van der Waals surface area contributed by atoms with E-state index in [-0.39, 0.29) is 0 Å². The zero-order valence-electron chi connectivity index (χ0n) is 6.96. The summed E-state index contributed by atoms with van der Waals surface area (Å²) < 4.78 is 5.03. The van der Waals surface area contributed by atoms with Gasteiger partial charge in [-0.25, -0.2) is 4.98 Å². The number of alkyl halides is 1. The van der Waals surface area contributed by atoms with E-state index in [2.05, 4.69) is 9.97 Å². The van der Waals surface area contributed by atoms with Crippen LogP contribution in [0.1, 0.15) is 12.1 Å². The topological polar surface area (TPSA) is 35.0 Å². The van der Waals surface area contributed by atoms with Gasteiger partial charge in [0.25, 0.3) is 0 Å². The molecule has 66 valence electrons. The van der Waals surface area contributed by atoms with Crippen LogP contribution in [0.5, 0.6) is 5.88 Å². The van der Waals surface area contributed by atoms with E-state index in [1.54, 1.807) is 19.5 Å². The highest BCUT2D eigenvalue weighted by Gasteiger charge is 2.03. The first-order valence-electron chi connectivity index (χ1n) is 3.78. The lowest BCUT2D eigenvalue weighted by Crippen LogP contribution is -1.98. The van der Waals surface area contributed by atoms with Crippen molar-refractivity contribution >= 4 is 11.6 Å². The van der Waals surface area contributed by atoms with Crippen LogP contribution in [0, 0.1) is 0 Å². The molecule has 0 spiro atoms. The van der Waals surface area contributed by atoms with Gasteiger partial charge in [-0.2, -0.15) is 0 Å². The Bertz CT molecular complexity index is 242. The predicted octanol–water partition coefficient (Wildman–Crippen LogP) is 1.66. The lowest BCUT2D eigenvalue weighted by atomic mass is 10.2. The third kappa shape index (κ3) is 2.34. The third-order valence-corrected chi connectivity index (χ3v) is 1.74. The first-order valence-corrected chi connectivity index (χ1v) is 4.31. The van der Waals surface area contributed by atoms with Crippen molar-refractivity contribution in [3.63, 3.8) is 0 Å². The van der Waals surface area contributed by atoms with E-state index in [1.807, 2.05) is 0 Å². The second-order valence-corrected chi connectivity index (χ2v) is 2.68. The molecule has 0 fully saturated rings.